The minimum atomic E-state index is -0.554. The molecule has 4 rings (SSSR count). The molecule has 0 fully saturated rings. The van der Waals surface area contributed by atoms with Crippen molar-refractivity contribution in [1.29, 1.82) is 0 Å². The highest BCUT2D eigenvalue weighted by Gasteiger charge is 2.12. The molecule has 150 valence electrons. The van der Waals surface area contributed by atoms with Crippen LogP contribution in [-0.2, 0) is 9.53 Å². The van der Waals surface area contributed by atoms with Crippen LogP contribution in [0.4, 0.5) is 5.69 Å². The molecule has 0 aliphatic carbocycles. The largest absolute Gasteiger partial charge is 0.452 e. The number of rotatable bonds is 5. The van der Waals surface area contributed by atoms with E-state index in [9.17, 15) is 9.59 Å². The van der Waals surface area contributed by atoms with Crippen molar-refractivity contribution < 1.29 is 14.3 Å². The van der Waals surface area contributed by atoms with E-state index in [0.717, 1.165) is 33.5 Å². The molecular formula is C24H21N3O3. The Hall–Kier alpha value is -3.93. The molecule has 0 unspecified atom stereocenters. The second kappa shape index (κ2) is 8.21. The van der Waals surface area contributed by atoms with Gasteiger partial charge in [0.1, 0.15) is 5.82 Å². The van der Waals surface area contributed by atoms with Crippen LogP contribution in [0.5, 0.6) is 0 Å². The number of hydrogen-bond donors (Lipinski definition) is 2. The summed E-state index contributed by atoms with van der Waals surface area (Å²) in [5, 5.41) is 4.86. The summed E-state index contributed by atoms with van der Waals surface area (Å²) in [6.07, 6.45) is 0. The molecule has 2 N–H and O–H groups in total. The smallest absolute Gasteiger partial charge is 0.338 e. The zero-order chi connectivity index (χ0) is 21.1. The van der Waals surface area contributed by atoms with Gasteiger partial charge in [-0.05, 0) is 48.9 Å². The Balaban J connectivity index is 1.34. The third kappa shape index (κ3) is 4.22. The molecule has 0 atom stereocenters. The number of esters is 1. The Kier molecular flexibility index (Phi) is 5.30. The van der Waals surface area contributed by atoms with Crippen LogP contribution in [0.3, 0.4) is 0 Å². The second-order valence-electron chi connectivity index (χ2n) is 7.06. The van der Waals surface area contributed by atoms with Gasteiger partial charge in [-0.25, -0.2) is 9.78 Å². The SMILES string of the molecule is Cc1nc(-c2ccc(C(=O)OCC(=O)Nc3ccc4ccccc4c3)cc2)[nH]c1C. The van der Waals surface area contributed by atoms with Gasteiger partial charge in [0.15, 0.2) is 6.61 Å². The highest BCUT2D eigenvalue weighted by molar-refractivity contribution is 5.97. The third-order valence-electron chi connectivity index (χ3n) is 4.89. The molecule has 6 nitrogen and oxygen atoms in total. The number of H-pyrrole nitrogens is 1. The van der Waals surface area contributed by atoms with E-state index in [1.807, 2.05) is 56.3 Å². The van der Waals surface area contributed by atoms with E-state index >= 15 is 0 Å². The fraction of sp³-hybridized carbons (Fsp3) is 0.125. The van der Waals surface area contributed by atoms with E-state index in [1.165, 1.54) is 0 Å². The van der Waals surface area contributed by atoms with E-state index in [4.69, 9.17) is 4.74 Å². The summed E-state index contributed by atoms with van der Waals surface area (Å²) in [6, 6.07) is 20.4. The van der Waals surface area contributed by atoms with Crippen molar-refractivity contribution in [3.05, 3.63) is 83.7 Å². The predicted octanol–water partition coefficient (Wildman–Crippen LogP) is 4.64. The van der Waals surface area contributed by atoms with Crippen molar-refractivity contribution in [2.45, 2.75) is 13.8 Å². The van der Waals surface area contributed by atoms with E-state index < -0.39 is 11.9 Å². The predicted molar refractivity (Wildman–Crippen MR) is 116 cm³/mol. The van der Waals surface area contributed by atoms with E-state index in [0.29, 0.717) is 11.3 Å². The molecule has 0 spiro atoms. The number of imidazole rings is 1. The van der Waals surface area contributed by atoms with Crippen LogP contribution >= 0.6 is 0 Å². The second-order valence-corrected chi connectivity index (χ2v) is 7.06. The molecule has 1 heterocycles. The first kappa shape index (κ1) is 19.4. The van der Waals surface area contributed by atoms with Gasteiger partial charge in [0, 0.05) is 16.9 Å². The first-order valence-corrected chi connectivity index (χ1v) is 9.59. The first-order valence-electron chi connectivity index (χ1n) is 9.59. The van der Waals surface area contributed by atoms with Gasteiger partial charge in [-0.1, -0.05) is 42.5 Å². The summed E-state index contributed by atoms with van der Waals surface area (Å²) in [7, 11) is 0. The molecule has 0 saturated heterocycles. The van der Waals surface area contributed by atoms with Gasteiger partial charge in [0.25, 0.3) is 5.91 Å². The molecule has 30 heavy (non-hydrogen) atoms. The number of carbonyl (C=O) groups is 2. The summed E-state index contributed by atoms with van der Waals surface area (Å²) in [6.45, 7) is 3.54. The lowest BCUT2D eigenvalue weighted by Crippen LogP contribution is -2.20. The van der Waals surface area contributed by atoms with E-state index in [2.05, 4.69) is 15.3 Å². The standard InChI is InChI=1S/C24H21N3O3/c1-15-16(2)26-23(25-15)18-7-9-19(10-8-18)24(29)30-14-22(28)27-21-12-11-17-5-3-4-6-20(17)13-21/h3-13H,14H2,1-2H3,(H,25,26)(H,27,28). The van der Waals surface area contributed by atoms with Crippen molar-refractivity contribution in [2.75, 3.05) is 11.9 Å². The molecule has 0 radical (unpaired) electrons. The first-order chi connectivity index (χ1) is 14.5. The van der Waals surface area contributed by atoms with Gasteiger partial charge in [0.05, 0.1) is 11.3 Å². The lowest BCUT2D eigenvalue weighted by atomic mass is 10.1. The Morgan fingerprint density at radius 1 is 0.967 bits per heavy atom. The minimum absolute atomic E-state index is 0.357. The molecule has 6 heteroatoms. The van der Waals surface area contributed by atoms with E-state index in [-0.39, 0.29) is 6.61 Å². The fourth-order valence-electron chi connectivity index (χ4n) is 3.13. The fourth-order valence-corrected chi connectivity index (χ4v) is 3.13. The monoisotopic (exact) mass is 399 g/mol. The van der Waals surface area contributed by atoms with Crippen LogP contribution in [0, 0.1) is 13.8 Å². The average molecular weight is 399 g/mol. The van der Waals surface area contributed by atoms with Crippen LogP contribution < -0.4 is 5.32 Å². The number of amides is 1. The molecule has 0 aliphatic rings. The maximum atomic E-state index is 12.3. The summed E-state index contributed by atoms with van der Waals surface area (Å²) in [4.78, 5) is 32.1. The highest BCUT2D eigenvalue weighted by Crippen LogP contribution is 2.20. The lowest BCUT2D eigenvalue weighted by Gasteiger charge is -2.08. The molecule has 1 amide bonds. The topological polar surface area (TPSA) is 84.1 Å². The number of ether oxygens (including phenoxy) is 1. The maximum absolute atomic E-state index is 12.3. The van der Waals surface area contributed by atoms with Crippen molar-refractivity contribution in [3.63, 3.8) is 0 Å². The summed E-state index contributed by atoms with van der Waals surface area (Å²) in [5.41, 5.74) is 3.84. The highest BCUT2D eigenvalue weighted by atomic mass is 16.5. The molecule has 1 aromatic heterocycles. The molecular weight excluding hydrogens is 378 g/mol. The quantitative estimate of drug-likeness (QED) is 0.479. The van der Waals surface area contributed by atoms with Crippen molar-refractivity contribution in [3.8, 4) is 11.4 Å². The summed E-state index contributed by atoms with van der Waals surface area (Å²) in [5.74, 6) is -0.196. The van der Waals surface area contributed by atoms with Crippen LogP contribution in [0.25, 0.3) is 22.2 Å². The zero-order valence-electron chi connectivity index (χ0n) is 16.7. The van der Waals surface area contributed by atoms with Crippen LogP contribution in [-0.4, -0.2) is 28.5 Å². The molecule has 0 bridgehead atoms. The van der Waals surface area contributed by atoms with Crippen molar-refractivity contribution >= 4 is 28.3 Å². The Morgan fingerprint density at radius 3 is 2.40 bits per heavy atom. The molecule has 0 saturated carbocycles. The van der Waals surface area contributed by atoms with Gasteiger partial charge in [0.2, 0.25) is 0 Å². The number of anilines is 1. The van der Waals surface area contributed by atoms with E-state index in [1.54, 1.807) is 24.3 Å². The molecule has 0 aliphatic heterocycles. The molecule has 4 aromatic rings. The Labute approximate surface area is 173 Å². The Bertz CT molecular complexity index is 1210. The van der Waals surface area contributed by atoms with Crippen molar-refractivity contribution in [2.24, 2.45) is 0 Å². The number of nitrogens with one attached hydrogen (secondary N) is 2. The van der Waals surface area contributed by atoms with Gasteiger partial charge < -0.3 is 15.0 Å². The van der Waals surface area contributed by atoms with Crippen LogP contribution in [0.15, 0.2) is 66.7 Å². The average Bonchev–Trinajstić information content (AvgIpc) is 3.10. The third-order valence-corrected chi connectivity index (χ3v) is 4.89. The molecule has 3 aromatic carbocycles. The summed E-state index contributed by atoms with van der Waals surface area (Å²) >= 11 is 0. The van der Waals surface area contributed by atoms with Gasteiger partial charge in [-0.15, -0.1) is 0 Å². The zero-order valence-corrected chi connectivity index (χ0v) is 16.7. The maximum Gasteiger partial charge on any atom is 0.338 e. The normalized spacial score (nSPS) is 10.7. The number of aryl methyl sites for hydroxylation is 2. The number of carbonyl (C=O) groups excluding carboxylic acids is 2. The van der Waals surface area contributed by atoms with Gasteiger partial charge in [-0.3, -0.25) is 4.79 Å². The summed E-state index contributed by atoms with van der Waals surface area (Å²) < 4.78 is 5.14. The number of hydrogen-bond acceptors (Lipinski definition) is 4. The Morgan fingerprint density at radius 2 is 1.70 bits per heavy atom. The van der Waals surface area contributed by atoms with Gasteiger partial charge in [-0.2, -0.15) is 0 Å². The number of aromatic amines is 1. The number of fused-ring (bicyclic) bond motifs is 1. The van der Waals surface area contributed by atoms with Gasteiger partial charge >= 0.3 is 5.97 Å². The lowest BCUT2D eigenvalue weighted by molar-refractivity contribution is -0.119. The minimum Gasteiger partial charge on any atom is -0.452 e. The van der Waals surface area contributed by atoms with Crippen molar-refractivity contribution in [1.82, 2.24) is 9.97 Å². The van der Waals surface area contributed by atoms with Crippen LogP contribution in [0.1, 0.15) is 21.7 Å². The van der Waals surface area contributed by atoms with Crippen LogP contribution in [0.2, 0.25) is 0 Å². The number of nitrogens with zero attached hydrogens (tertiary/aromatic N) is 1. The number of aromatic nitrogens is 2. The number of benzene rings is 3.